The summed E-state index contributed by atoms with van der Waals surface area (Å²) >= 11 is 0. The van der Waals surface area contributed by atoms with Crippen LogP contribution in [0.25, 0.3) is 5.69 Å². The first-order chi connectivity index (χ1) is 17.4. The van der Waals surface area contributed by atoms with Crippen LogP contribution in [-0.4, -0.2) is 60.8 Å². The van der Waals surface area contributed by atoms with Gasteiger partial charge in [0.1, 0.15) is 5.82 Å². The van der Waals surface area contributed by atoms with Crippen LogP contribution >= 0.6 is 0 Å². The lowest BCUT2D eigenvalue weighted by molar-refractivity contribution is 0.0955. The van der Waals surface area contributed by atoms with Crippen LogP contribution in [0.3, 0.4) is 0 Å². The zero-order valence-corrected chi connectivity index (χ0v) is 21.7. The van der Waals surface area contributed by atoms with Gasteiger partial charge in [-0.3, -0.25) is 4.79 Å². The second kappa shape index (κ2) is 11.0. The molecule has 0 spiro atoms. The summed E-state index contributed by atoms with van der Waals surface area (Å²) in [5.41, 5.74) is 5.35. The van der Waals surface area contributed by atoms with Crippen molar-refractivity contribution in [2.24, 2.45) is 5.10 Å². The molecular formula is C26H32N6O3S. The summed E-state index contributed by atoms with van der Waals surface area (Å²) in [6, 6.07) is 15.9. The van der Waals surface area contributed by atoms with Gasteiger partial charge in [0, 0.05) is 31.7 Å². The molecule has 4 rings (SSSR count). The van der Waals surface area contributed by atoms with Crippen LogP contribution in [0, 0.1) is 6.92 Å². The third-order valence-electron chi connectivity index (χ3n) is 6.29. The smallest absolute Gasteiger partial charge is 0.271 e. The maximum absolute atomic E-state index is 12.8. The van der Waals surface area contributed by atoms with Gasteiger partial charge in [-0.25, -0.2) is 18.5 Å². The van der Waals surface area contributed by atoms with Crippen molar-refractivity contribution >= 4 is 28.0 Å². The molecule has 10 heteroatoms. The van der Waals surface area contributed by atoms with Crippen molar-refractivity contribution in [3.8, 4) is 5.69 Å². The van der Waals surface area contributed by atoms with Crippen LogP contribution in [0.2, 0.25) is 0 Å². The molecule has 0 saturated carbocycles. The number of benzene rings is 2. The quantitative estimate of drug-likeness (QED) is 0.352. The Bertz CT molecular complexity index is 1340. The first-order valence-electron chi connectivity index (χ1n) is 12.2. The van der Waals surface area contributed by atoms with E-state index in [1.54, 1.807) is 32.2 Å². The van der Waals surface area contributed by atoms with Crippen molar-refractivity contribution in [3.05, 3.63) is 71.4 Å². The minimum Gasteiger partial charge on any atom is -0.356 e. The summed E-state index contributed by atoms with van der Waals surface area (Å²) in [5.74, 6) is 0.459. The van der Waals surface area contributed by atoms with E-state index in [-0.39, 0.29) is 10.5 Å². The van der Waals surface area contributed by atoms with E-state index in [0.29, 0.717) is 13.1 Å². The molecule has 1 N–H and O–H groups in total. The summed E-state index contributed by atoms with van der Waals surface area (Å²) in [7, 11) is -3.67. The van der Waals surface area contributed by atoms with Gasteiger partial charge in [-0.05, 0) is 50.1 Å². The molecule has 2 aromatic carbocycles. The number of anilines is 1. The molecule has 0 bridgehead atoms. The number of sulfonamides is 1. The van der Waals surface area contributed by atoms with Crippen LogP contribution in [-0.2, 0) is 10.0 Å². The van der Waals surface area contributed by atoms with Gasteiger partial charge in [0.05, 0.1) is 28.1 Å². The third kappa shape index (κ3) is 5.19. The summed E-state index contributed by atoms with van der Waals surface area (Å²) in [6.45, 7) is 8.06. The lowest BCUT2D eigenvalue weighted by atomic mass is 10.2. The Hall–Kier alpha value is -3.50. The van der Waals surface area contributed by atoms with Gasteiger partial charge < -0.3 is 4.90 Å². The standard InChI is InChI=1S/C26H32N6O3S/c1-4-31(5-2)36(34,35)23-15-11-12-21(18-23)25(33)28-27-19-24-20(3)29-32(22-13-7-6-8-14-22)26(24)30-16-9-10-17-30/h6-8,11-15,18-19H,4-5,9-10,16-17H2,1-3H3,(H,28,33)/b27-19+. The van der Waals surface area contributed by atoms with E-state index >= 15 is 0 Å². The molecule has 1 aromatic heterocycles. The molecule has 36 heavy (non-hydrogen) atoms. The monoisotopic (exact) mass is 508 g/mol. The van der Waals surface area contributed by atoms with E-state index in [2.05, 4.69) is 15.4 Å². The van der Waals surface area contributed by atoms with Crippen molar-refractivity contribution in [1.82, 2.24) is 19.5 Å². The number of amides is 1. The number of nitrogens with zero attached hydrogens (tertiary/aromatic N) is 5. The van der Waals surface area contributed by atoms with Gasteiger partial charge in [-0.15, -0.1) is 0 Å². The van der Waals surface area contributed by atoms with E-state index in [0.717, 1.165) is 48.7 Å². The molecule has 0 unspecified atom stereocenters. The molecule has 1 aliphatic rings. The molecular weight excluding hydrogens is 476 g/mol. The highest BCUT2D eigenvalue weighted by Gasteiger charge is 2.24. The van der Waals surface area contributed by atoms with Crippen LogP contribution in [0.4, 0.5) is 5.82 Å². The second-order valence-electron chi connectivity index (χ2n) is 8.58. The minimum absolute atomic E-state index is 0.0825. The maximum atomic E-state index is 12.8. The second-order valence-corrected chi connectivity index (χ2v) is 10.5. The normalized spacial score (nSPS) is 14.2. The molecule has 3 aromatic rings. The van der Waals surface area contributed by atoms with Crippen molar-refractivity contribution < 1.29 is 13.2 Å². The lowest BCUT2D eigenvalue weighted by Gasteiger charge is -2.20. The fraction of sp³-hybridized carbons (Fsp3) is 0.346. The first-order valence-corrected chi connectivity index (χ1v) is 13.6. The number of hydrogen-bond acceptors (Lipinski definition) is 6. The average Bonchev–Trinajstić information content (AvgIpc) is 3.53. The molecule has 0 aliphatic carbocycles. The molecule has 9 nitrogen and oxygen atoms in total. The van der Waals surface area contributed by atoms with Gasteiger partial charge in [0.15, 0.2) is 0 Å². The third-order valence-corrected chi connectivity index (χ3v) is 8.33. The number of rotatable bonds is 9. The van der Waals surface area contributed by atoms with E-state index in [9.17, 15) is 13.2 Å². The van der Waals surface area contributed by atoms with Crippen molar-refractivity contribution in [2.75, 3.05) is 31.1 Å². The Kier molecular flexibility index (Phi) is 7.85. The topological polar surface area (TPSA) is 99.9 Å². The highest BCUT2D eigenvalue weighted by molar-refractivity contribution is 7.89. The Morgan fingerprint density at radius 3 is 2.44 bits per heavy atom. The van der Waals surface area contributed by atoms with Gasteiger partial charge >= 0.3 is 0 Å². The SMILES string of the molecule is CCN(CC)S(=O)(=O)c1cccc(C(=O)N/N=C/c2c(C)nn(-c3ccccc3)c2N2CCCC2)c1. The lowest BCUT2D eigenvalue weighted by Crippen LogP contribution is -2.30. The Morgan fingerprint density at radius 1 is 1.08 bits per heavy atom. The number of hydrazone groups is 1. The number of nitrogens with one attached hydrogen (secondary N) is 1. The molecule has 0 radical (unpaired) electrons. The maximum Gasteiger partial charge on any atom is 0.271 e. The van der Waals surface area contributed by atoms with Gasteiger partial charge in [0.2, 0.25) is 10.0 Å². The largest absolute Gasteiger partial charge is 0.356 e. The molecule has 1 aliphatic heterocycles. The number of carbonyl (C=O) groups excluding carboxylic acids is 1. The van der Waals surface area contributed by atoms with E-state index in [1.165, 1.54) is 16.4 Å². The summed E-state index contributed by atoms with van der Waals surface area (Å²) in [4.78, 5) is 15.2. The van der Waals surface area contributed by atoms with Crippen LogP contribution in [0.15, 0.2) is 64.6 Å². The predicted octanol–water partition coefficient (Wildman–Crippen LogP) is 3.58. The zero-order valence-electron chi connectivity index (χ0n) is 20.9. The Morgan fingerprint density at radius 2 is 1.78 bits per heavy atom. The molecule has 2 heterocycles. The van der Waals surface area contributed by atoms with Gasteiger partial charge in [0.25, 0.3) is 5.91 Å². The average molecular weight is 509 g/mol. The number of carbonyl (C=O) groups is 1. The number of aryl methyl sites for hydroxylation is 1. The van der Waals surface area contributed by atoms with Crippen LogP contribution in [0.1, 0.15) is 48.3 Å². The van der Waals surface area contributed by atoms with Crippen molar-refractivity contribution in [1.29, 1.82) is 0 Å². The predicted molar refractivity (Wildman–Crippen MR) is 141 cm³/mol. The van der Waals surface area contributed by atoms with E-state index in [1.807, 2.05) is 41.9 Å². The summed E-state index contributed by atoms with van der Waals surface area (Å²) in [6.07, 6.45) is 3.84. The number of para-hydroxylation sites is 1. The van der Waals surface area contributed by atoms with Crippen LogP contribution in [0.5, 0.6) is 0 Å². The van der Waals surface area contributed by atoms with E-state index < -0.39 is 15.9 Å². The Balaban J connectivity index is 1.58. The molecule has 1 amide bonds. The van der Waals surface area contributed by atoms with Crippen LogP contribution < -0.4 is 10.3 Å². The summed E-state index contributed by atoms with van der Waals surface area (Å²) in [5, 5.41) is 8.96. The fourth-order valence-corrected chi connectivity index (χ4v) is 5.90. The number of hydrogen-bond donors (Lipinski definition) is 1. The van der Waals surface area contributed by atoms with Crippen molar-refractivity contribution in [2.45, 2.75) is 38.5 Å². The fourth-order valence-electron chi connectivity index (χ4n) is 4.39. The molecule has 190 valence electrons. The van der Waals surface area contributed by atoms with Gasteiger partial charge in [-0.1, -0.05) is 38.1 Å². The minimum atomic E-state index is -3.67. The number of aromatic nitrogens is 2. The Labute approximate surface area is 212 Å². The summed E-state index contributed by atoms with van der Waals surface area (Å²) < 4.78 is 29.0. The zero-order chi connectivity index (χ0) is 25.7. The highest BCUT2D eigenvalue weighted by Crippen LogP contribution is 2.29. The molecule has 1 saturated heterocycles. The molecule has 1 fully saturated rings. The van der Waals surface area contributed by atoms with E-state index in [4.69, 9.17) is 5.10 Å². The first kappa shape index (κ1) is 25.6. The van der Waals surface area contributed by atoms with Crippen molar-refractivity contribution in [3.63, 3.8) is 0 Å². The molecule has 0 atom stereocenters. The highest BCUT2D eigenvalue weighted by atomic mass is 32.2. The van der Waals surface area contributed by atoms with Gasteiger partial charge in [-0.2, -0.15) is 14.5 Å².